The molecule has 1 aliphatic rings. The van der Waals surface area contributed by atoms with Gasteiger partial charge in [0.1, 0.15) is 5.00 Å². The Kier molecular flexibility index (Phi) is 6.09. The number of hydrogen-bond acceptors (Lipinski definition) is 3. The molecule has 0 fully saturated rings. The molecular weight excluding hydrogens is 344 g/mol. The molecule has 0 saturated carbocycles. The molecule has 0 radical (unpaired) electrons. The van der Waals surface area contributed by atoms with Gasteiger partial charge in [-0.25, -0.2) is 0 Å². The van der Waals surface area contributed by atoms with E-state index in [1.165, 1.54) is 4.88 Å². The van der Waals surface area contributed by atoms with Crippen molar-refractivity contribution in [3.8, 4) is 0 Å². The molecule has 4 nitrogen and oxygen atoms in total. The fraction of sp³-hybridized carbons (Fsp3) is 0.429. The number of nitrogens with one attached hydrogen (secondary N) is 2. The van der Waals surface area contributed by atoms with E-state index in [4.69, 9.17) is 0 Å². The van der Waals surface area contributed by atoms with Crippen LogP contribution in [-0.2, 0) is 12.8 Å². The second-order valence-electron chi connectivity index (χ2n) is 6.99. The van der Waals surface area contributed by atoms with Gasteiger partial charge in [-0.1, -0.05) is 38.5 Å². The third kappa shape index (κ3) is 4.15. The van der Waals surface area contributed by atoms with E-state index in [0.29, 0.717) is 28.6 Å². The molecule has 1 aromatic heterocycles. The smallest absolute Gasteiger partial charge is 0.256 e. The van der Waals surface area contributed by atoms with Gasteiger partial charge in [0.05, 0.1) is 5.56 Å². The van der Waals surface area contributed by atoms with Crippen LogP contribution in [-0.4, -0.2) is 18.4 Å². The average Bonchev–Trinajstić information content (AvgIpc) is 2.99. The van der Waals surface area contributed by atoms with E-state index in [-0.39, 0.29) is 11.8 Å². The van der Waals surface area contributed by atoms with Gasteiger partial charge in [-0.2, -0.15) is 0 Å². The largest absolute Gasteiger partial charge is 0.352 e. The fourth-order valence-corrected chi connectivity index (χ4v) is 4.71. The van der Waals surface area contributed by atoms with E-state index in [2.05, 4.69) is 24.5 Å². The van der Waals surface area contributed by atoms with Crippen LogP contribution in [0.1, 0.15) is 64.3 Å². The van der Waals surface area contributed by atoms with Crippen LogP contribution in [0, 0.1) is 5.92 Å². The highest BCUT2D eigenvalue weighted by Crippen LogP contribution is 2.39. The topological polar surface area (TPSA) is 58.2 Å². The predicted octanol–water partition coefficient (Wildman–Crippen LogP) is 4.66. The molecule has 0 spiro atoms. The molecule has 1 aromatic carbocycles. The summed E-state index contributed by atoms with van der Waals surface area (Å²) in [6.45, 7) is 5.01. The molecule has 138 valence electrons. The van der Waals surface area contributed by atoms with E-state index < -0.39 is 0 Å². The molecule has 0 unspecified atom stereocenters. The van der Waals surface area contributed by atoms with Gasteiger partial charge in [0.15, 0.2) is 0 Å². The lowest BCUT2D eigenvalue weighted by Gasteiger charge is -2.18. The third-order valence-corrected chi connectivity index (χ3v) is 5.99. The Morgan fingerprint density at radius 1 is 1.19 bits per heavy atom. The molecule has 5 heteroatoms. The van der Waals surface area contributed by atoms with Crippen molar-refractivity contribution in [2.24, 2.45) is 5.92 Å². The Bertz CT molecular complexity index is 783. The molecule has 2 N–H and O–H groups in total. The normalized spacial score (nSPS) is 16.0. The Morgan fingerprint density at radius 2 is 1.96 bits per heavy atom. The van der Waals surface area contributed by atoms with E-state index in [9.17, 15) is 9.59 Å². The highest BCUT2D eigenvalue weighted by atomic mass is 32.1. The zero-order chi connectivity index (χ0) is 18.5. The van der Waals surface area contributed by atoms with Gasteiger partial charge in [-0.05, 0) is 49.3 Å². The molecular formula is C21H26N2O2S. The first-order valence-electron chi connectivity index (χ1n) is 9.39. The van der Waals surface area contributed by atoms with Crippen molar-refractivity contribution < 1.29 is 9.59 Å². The SMILES string of the molecule is CCCCNC(=O)c1c(NC(=O)c2ccccc2)sc2c1CC[C@H](C)C2. The number of anilines is 1. The number of hydrogen-bond donors (Lipinski definition) is 2. The third-order valence-electron chi connectivity index (χ3n) is 4.82. The monoisotopic (exact) mass is 370 g/mol. The number of fused-ring (bicyclic) bond motifs is 1. The van der Waals surface area contributed by atoms with Crippen LogP contribution in [0.25, 0.3) is 0 Å². The maximum Gasteiger partial charge on any atom is 0.256 e. The molecule has 0 bridgehead atoms. The van der Waals surface area contributed by atoms with Crippen molar-refractivity contribution >= 4 is 28.2 Å². The van der Waals surface area contributed by atoms with Crippen LogP contribution in [0.4, 0.5) is 5.00 Å². The van der Waals surface area contributed by atoms with Crippen molar-refractivity contribution in [3.63, 3.8) is 0 Å². The Morgan fingerprint density at radius 3 is 2.69 bits per heavy atom. The molecule has 2 amide bonds. The molecule has 1 aliphatic carbocycles. The van der Waals surface area contributed by atoms with Crippen molar-refractivity contribution in [2.45, 2.75) is 46.0 Å². The van der Waals surface area contributed by atoms with Crippen LogP contribution in [0.15, 0.2) is 30.3 Å². The first-order chi connectivity index (χ1) is 12.6. The molecule has 0 aliphatic heterocycles. The lowest BCUT2D eigenvalue weighted by molar-refractivity contribution is 0.0953. The zero-order valence-electron chi connectivity index (χ0n) is 15.4. The molecule has 2 aromatic rings. The van der Waals surface area contributed by atoms with E-state index in [1.807, 2.05) is 18.2 Å². The van der Waals surface area contributed by atoms with E-state index in [0.717, 1.165) is 37.7 Å². The Labute approximate surface area is 159 Å². The highest BCUT2D eigenvalue weighted by Gasteiger charge is 2.28. The summed E-state index contributed by atoms with van der Waals surface area (Å²) in [5, 5.41) is 6.69. The second-order valence-corrected chi connectivity index (χ2v) is 8.09. The quantitative estimate of drug-likeness (QED) is 0.727. The zero-order valence-corrected chi connectivity index (χ0v) is 16.2. The summed E-state index contributed by atoms with van der Waals surface area (Å²) in [5.41, 5.74) is 2.41. The van der Waals surface area contributed by atoms with Crippen molar-refractivity contribution in [1.29, 1.82) is 0 Å². The van der Waals surface area contributed by atoms with Gasteiger partial charge in [-0.3, -0.25) is 9.59 Å². The second kappa shape index (κ2) is 8.49. The number of amides is 2. The van der Waals surface area contributed by atoms with Crippen molar-refractivity contribution in [2.75, 3.05) is 11.9 Å². The highest BCUT2D eigenvalue weighted by molar-refractivity contribution is 7.17. The average molecular weight is 371 g/mol. The minimum absolute atomic E-state index is 0.0612. The van der Waals surface area contributed by atoms with Crippen LogP contribution in [0.3, 0.4) is 0 Å². The lowest BCUT2D eigenvalue weighted by Crippen LogP contribution is -2.27. The van der Waals surface area contributed by atoms with Crippen LogP contribution in [0.5, 0.6) is 0 Å². The Hall–Kier alpha value is -2.14. The minimum atomic E-state index is -0.167. The molecule has 0 saturated heterocycles. The number of carbonyl (C=O) groups is 2. The molecule has 1 heterocycles. The first-order valence-corrected chi connectivity index (χ1v) is 10.2. The van der Waals surface area contributed by atoms with Crippen molar-refractivity contribution in [3.05, 3.63) is 51.9 Å². The van der Waals surface area contributed by atoms with Gasteiger partial charge in [0, 0.05) is 17.0 Å². The maximum absolute atomic E-state index is 12.8. The number of carbonyl (C=O) groups excluding carboxylic acids is 2. The summed E-state index contributed by atoms with van der Waals surface area (Å²) in [7, 11) is 0. The number of thiophene rings is 1. The summed E-state index contributed by atoms with van der Waals surface area (Å²) >= 11 is 1.56. The minimum Gasteiger partial charge on any atom is -0.352 e. The number of rotatable bonds is 6. The summed E-state index contributed by atoms with van der Waals surface area (Å²) in [6, 6.07) is 9.13. The molecule has 3 rings (SSSR count). The lowest BCUT2D eigenvalue weighted by atomic mass is 9.88. The fourth-order valence-electron chi connectivity index (χ4n) is 3.31. The first kappa shape index (κ1) is 18.6. The maximum atomic E-state index is 12.8. The summed E-state index contributed by atoms with van der Waals surface area (Å²) in [6.07, 6.45) is 4.98. The summed E-state index contributed by atoms with van der Waals surface area (Å²) in [5.74, 6) is 0.392. The van der Waals surface area contributed by atoms with Crippen LogP contribution >= 0.6 is 11.3 Å². The molecule has 1 atom stereocenters. The van der Waals surface area contributed by atoms with E-state index >= 15 is 0 Å². The number of benzene rings is 1. The van der Waals surface area contributed by atoms with Crippen LogP contribution < -0.4 is 10.6 Å². The van der Waals surface area contributed by atoms with Crippen molar-refractivity contribution in [1.82, 2.24) is 5.32 Å². The summed E-state index contributed by atoms with van der Waals surface area (Å²) < 4.78 is 0. The Balaban J connectivity index is 1.88. The predicted molar refractivity (Wildman–Crippen MR) is 107 cm³/mol. The van der Waals surface area contributed by atoms with Gasteiger partial charge in [0.25, 0.3) is 11.8 Å². The number of unbranched alkanes of at least 4 members (excludes halogenated alkanes) is 1. The summed E-state index contributed by atoms with van der Waals surface area (Å²) in [4.78, 5) is 26.7. The van der Waals surface area contributed by atoms with Gasteiger partial charge in [0.2, 0.25) is 0 Å². The van der Waals surface area contributed by atoms with Gasteiger partial charge in [-0.15, -0.1) is 11.3 Å². The van der Waals surface area contributed by atoms with Gasteiger partial charge >= 0.3 is 0 Å². The standard InChI is InChI=1S/C21H26N2O2S/c1-3-4-12-22-20(25)18-16-11-10-14(2)13-17(16)26-21(18)23-19(24)15-8-6-5-7-9-15/h5-9,14H,3-4,10-13H2,1-2H3,(H,22,25)(H,23,24)/t14-/m0/s1. The van der Waals surface area contributed by atoms with Gasteiger partial charge < -0.3 is 10.6 Å². The van der Waals surface area contributed by atoms with E-state index in [1.54, 1.807) is 23.5 Å². The van der Waals surface area contributed by atoms with Crippen LogP contribution in [0.2, 0.25) is 0 Å². The molecule has 26 heavy (non-hydrogen) atoms.